The Hall–Kier alpha value is -1.62. The van der Waals surface area contributed by atoms with Gasteiger partial charge in [-0.15, -0.1) is 0 Å². The van der Waals surface area contributed by atoms with Gasteiger partial charge in [0, 0.05) is 18.2 Å². The Morgan fingerprint density at radius 1 is 1.53 bits per heavy atom. The highest BCUT2D eigenvalue weighted by Crippen LogP contribution is 2.31. The first-order valence-corrected chi connectivity index (χ1v) is 6.60. The zero-order valence-corrected chi connectivity index (χ0v) is 11.2. The molecule has 0 unspecified atom stereocenters. The fourth-order valence-corrected chi connectivity index (χ4v) is 2.47. The lowest BCUT2D eigenvalue weighted by atomic mass is 9.76. The van der Waals surface area contributed by atoms with Gasteiger partial charge < -0.3 is 14.8 Å². The molecule has 1 amide bonds. The summed E-state index contributed by atoms with van der Waals surface area (Å²) in [5.41, 5.74) is -0.235. The Bertz CT molecular complexity index is 516. The average molecular weight is 265 g/mol. The van der Waals surface area contributed by atoms with Crippen molar-refractivity contribution in [1.82, 2.24) is 5.32 Å². The van der Waals surface area contributed by atoms with Gasteiger partial charge in [0.25, 0.3) is 5.91 Å². The van der Waals surface area contributed by atoms with Crippen molar-refractivity contribution in [1.29, 1.82) is 0 Å². The molecule has 1 heterocycles. The first kappa shape index (κ1) is 13.8. The number of aliphatic hydroxyl groups excluding tert-OH is 1. The topological polar surface area (TPSA) is 79.5 Å². The van der Waals surface area contributed by atoms with E-state index >= 15 is 0 Å². The summed E-state index contributed by atoms with van der Waals surface area (Å²) in [6, 6.07) is 2.56. The number of nitrogens with one attached hydrogen (secondary N) is 1. The normalized spacial score (nSPS) is 23.5. The van der Waals surface area contributed by atoms with Gasteiger partial charge in [0.15, 0.2) is 11.2 Å². The van der Waals surface area contributed by atoms with Crippen molar-refractivity contribution in [2.24, 2.45) is 5.92 Å². The molecule has 2 N–H and O–H groups in total. The van der Waals surface area contributed by atoms with Gasteiger partial charge in [-0.1, -0.05) is 6.92 Å². The van der Waals surface area contributed by atoms with E-state index in [0.29, 0.717) is 11.7 Å². The van der Waals surface area contributed by atoms with Crippen molar-refractivity contribution < 1.29 is 14.3 Å². The van der Waals surface area contributed by atoms with E-state index in [4.69, 9.17) is 4.42 Å². The molecule has 1 fully saturated rings. The van der Waals surface area contributed by atoms with Crippen LogP contribution in [-0.2, 0) is 0 Å². The van der Waals surface area contributed by atoms with Crippen molar-refractivity contribution >= 4 is 5.91 Å². The van der Waals surface area contributed by atoms with Crippen LogP contribution in [0.4, 0.5) is 0 Å². The number of aryl methyl sites for hydroxylation is 1. The van der Waals surface area contributed by atoms with Gasteiger partial charge in [-0.2, -0.15) is 0 Å². The summed E-state index contributed by atoms with van der Waals surface area (Å²) in [6.45, 7) is 3.62. The molecule has 0 aromatic carbocycles. The second-order valence-electron chi connectivity index (χ2n) is 5.14. The summed E-state index contributed by atoms with van der Waals surface area (Å²) >= 11 is 0. The molecular formula is C14H19NO4. The maximum absolute atomic E-state index is 12.0. The largest absolute Gasteiger partial charge is 0.456 e. The van der Waals surface area contributed by atoms with E-state index in [9.17, 15) is 14.7 Å². The molecule has 5 heteroatoms. The molecule has 0 bridgehead atoms. The van der Waals surface area contributed by atoms with Crippen molar-refractivity contribution in [2.45, 2.75) is 45.3 Å². The van der Waals surface area contributed by atoms with Gasteiger partial charge in [0.05, 0.1) is 6.10 Å². The van der Waals surface area contributed by atoms with Crippen LogP contribution in [0, 0.1) is 12.8 Å². The summed E-state index contributed by atoms with van der Waals surface area (Å²) in [4.78, 5) is 23.4. The van der Waals surface area contributed by atoms with Crippen LogP contribution in [0.2, 0.25) is 0 Å². The molecule has 19 heavy (non-hydrogen) atoms. The molecule has 1 saturated carbocycles. The van der Waals surface area contributed by atoms with E-state index in [0.717, 1.165) is 19.3 Å². The van der Waals surface area contributed by atoms with Crippen molar-refractivity contribution in [3.05, 3.63) is 33.9 Å². The molecule has 104 valence electrons. The Morgan fingerprint density at radius 3 is 2.74 bits per heavy atom. The monoisotopic (exact) mass is 265 g/mol. The molecular weight excluding hydrogens is 246 g/mol. The molecule has 0 saturated heterocycles. The third-order valence-electron chi connectivity index (χ3n) is 3.59. The standard InChI is InChI=1S/C14H19NO4/c1-3-12(9-5-11(17)6-9)15-14(18)13-7-10(16)4-8(2)19-13/h4,7,9,11-12,17H,3,5-6H2,1-2H3,(H,15,18)/t9?,11?,12-/m0/s1. The van der Waals surface area contributed by atoms with Crippen LogP contribution >= 0.6 is 0 Å². The van der Waals surface area contributed by atoms with Crippen LogP contribution in [-0.4, -0.2) is 23.2 Å². The van der Waals surface area contributed by atoms with Gasteiger partial charge in [-0.3, -0.25) is 9.59 Å². The Balaban J connectivity index is 2.05. The third kappa shape index (κ3) is 3.23. The fourth-order valence-electron chi connectivity index (χ4n) is 2.47. The molecule has 0 radical (unpaired) electrons. The summed E-state index contributed by atoms with van der Waals surface area (Å²) < 4.78 is 5.26. The Morgan fingerprint density at radius 2 is 2.21 bits per heavy atom. The molecule has 1 aromatic heterocycles. The van der Waals surface area contributed by atoms with E-state index in [1.54, 1.807) is 6.92 Å². The van der Waals surface area contributed by atoms with E-state index in [-0.39, 0.29) is 29.2 Å². The number of carbonyl (C=O) groups is 1. The minimum Gasteiger partial charge on any atom is -0.456 e. The molecule has 0 aliphatic heterocycles. The van der Waals surface area contributed by atoms with Crippen molar-refractivity contribution in [3.63, 3.8) is 0 Å². The number of amides is 1. The van der Waals surface area contributed by atoms with Crippen LogP contribution in [0.15, 0.2) is 21.3 Å². The maximum atomic E-state index is 12.0. The zero-order valence-electron chi connectivity index (χ0n) is 11.2. The molecule has 1 atom stereocenters. The summed E-state index contributed by atoms with van der Waals surface area (Å²) in [5, 5.41) is 12.2. The molecule has 2 rings (SSSR count). The second kappa shape index (κ2) is 5.57. The summed E-state index contributed by atoms with van der Waals surface area (Å²) in [5.74, 6) is 0.405. The Kier molecular flexibility index (Phi) is 4.04. The van der Waals surface area contributed by atoms with E-state index in [1.165, 1.54) is 12.1 Å². The lowest BCUT2D eigenvalue weighted by Crippen LogP contribution is -2.46. The zero-order chi connectivity index (χ0) is 14.0. The quantitative estimate of drug-likeness (QED) is 0.858. The first-order valence-electron chi connectivity index (χ1n) is 6.60. The highest BCUT2D eigenvalue weighted by atomic mass is 16.3. The number of aliphatic hydroxyl groups is 1. The highest BCUT2D eigenvalue weighted by Gasteiger charge is 2.34. The minimum absolute atomic E-state index is 0.0155. The third-order valence-corrected chi connectivity index (χ3v) is 3.59. The fraction of sp³-hybridized carbons (Fsp3) is 0.571. The second-order valence-corrected chi connectivity index (χ2v) is 5.14. The van der Waals surface area contributed by atoms with E-state index < -0.39 is 0 Å². The molecule has 1 aromatic rings. The van der Waals surface area contributed by atoms with Gasteiger partial charge >= 0.3 is 0 Å². The van der Waals surface area contributed by atoms with Crippen LogP contribution in [0.3, 0.4) is 0 Å². The average Bonchev–Trinajstić information content (AvgIpc) is 2.31. The number of hydrogen-bond acceptors (Lipinski definition) is 4. The summed E-state index contributed by atoms with van der Waals surface area (Å²) in [6.07, 6.45) is 1.99. The first-order chi connectivity index (χ1) is 8.99. The summed E-state index contributed by atoms with van der Waals surface area (Å²) in [7, 11) is 0. The SMILES string of the molecule is CC[C@H](NC(=O)c1cc(=O)cc(C)o1)C1CC(O)C1. The number of carbonyl (C=O) groups excluding carboxylic acids is 1. The van der Waals surface area contributed by atoms with Gasteiger partial charge in [-0.25, -0.2) is 0 Å². The van der Waals surface area contributed by atoms with Crippen molar-refractivity contribution in [2.75, 3.05) is 0 Å². The predicted molar refractivity (Wildman–Crippen MR) is 70.0 cm³/mol. The molecule has 1 aliphatic carbocycles. The molecule has 1 aliphatic rings. The molecule has 5 nitrogen and oxygen atoms in total. The van der Waals surface area contributed by atoms with Crippen LogP contribution in [0.25, 0.3) is 0 Å². The minimum atomic E-state index is -0.367. The lowest BCUT2D eigenvalue weighted by Gasteiger charge is -2.37. The number of rotatable bonds is 4. The van der Waals surface area contributed by atoms with E-state index in [2.05, 4.69) is 5.32 Å². The Labute approximate surface area is 111 Å². The van der Waals surface area contributed by atoms with Crippen LogP contribution in [0.5, 0.6) is 0 Å². The lowest BCUT2D eigenvalue weighted by molar-refractivity contribution is 0.0229. The number of hydrogen-bond donors (Lipinski definition) is 2. The smallest absolute Gasteiger partial charge is 0.287 e. The highest BCUT2D eigenvalue weighted by molar-refractivity contribution is 5.91. The van der Waals surface area contributed by atoms with Gasteiger partial charge in [-0.05, 0) is 32.1 Å². The predicted octanol–water partition coefficient (Wildman–Crippen LogP) is 1.23. The maximum Gasteiger partial charge on any atom is 0.287 e. The van der Waals surface area contributed by atoms with Gasteiger partial charge in [0.1, 0.15) is 5.76 Å². The van der Waals surface area contributed by atoms with Crippen LogP contribution < -0.4 is 10.7 Å². The van der Waals surface area contributed by atoms with E-state index in [1.807, 2.05) is 6.92 Å². The van der Waals surface area contributed by atoms with Crippen LogP contribution in [0.1, 0.15) is 42.5 Å². The van der Waals surface area contributed by atoms with Gasteiger partial charge in [0.2, 0.25) is 0 Å². The molecule has 0 spiro atoms. The van der Waals surface area contributed by atoms with Crippen molar-refractivity contribution in [3.8, 4) is 0 Å².